The molecule has 0 aromatic heterocycles. The van der Waals surface area contributed by atoms with Gasteiger partial charge in [-0.25, -0.2) is 0 Å². The Labute approximate surface area is 103 Å². The number of ether oxygens (including phenoxy) is 1. The van der Waals surface area contributed by atoms with Crippen LogP contribution in [-0.4, -0.2) is 30.7 Å². The van der Waals surface area contributed by atoms with Crippen LogP contribution in [0.15, 0.2) is 0 Å². The third kappa shape index (κ3) is 3.96. The van der Waals surface area contributed by atoms with Crippen molar-refractivity contribution >= 4 is 5.91 Å². The van der Waals surface area contributed by atoms with E-state index in [1.54, 1.807) is 0 Å². The number of hydrogen-bond acceptors (Lipinski definition) is 3. The van der Waals surface area contributed by atoms with Gasteiger partial charge in [0.15, 0.2) is 0 Å². The van der Waals surface area contributed by atoms with Gasteiger partial charge in [-0.2, -0.15) is 0 Å². The van der Waals surface area contributed by atoms with E-state index in [2.05, 4.69) is 5.32 Å². The van der Waals surface area contributed by atoms with E-state index in [1.807, 2.05) is 0 Å². The first-order valence-electron chi connectivity index (χ1n) is 6.85. The molecule has 0 aromatic rings. The molecular formula is C13H24N2O2. The molecule has 0 spiro atoms. The van der Waals surface area contributed by atoms with Crippen LogP contribution in [0.5, 0.6) is 0 Å². The molecule has 4 heteroatoms. The molecule has 1 atom stereocenters. The summed E-state index contributed by atoms with van der Waals surface area (Å²) in [6.07, 6.45) is 8.38. The predicted molar refractivity (Wildman–Crippen MR) is 66.6 cm³/mol. The largest absolute Gasteiger partial charge is 0.378 e. The van der Waals surface area contributed by atoms with E-state index in [0.717, 1.165) is 45.3 Å². The maximum Gasteiger partial charge on any atom is 0.221 e. The smallest absolute Gasteiger partial charge is 0.221 e. The van der Waals surface area contributed by atoms with Crippen LogP contribution in [0, 0.1) is 0 Å². The van der Waals surface area contributed by atoms with Gasteiger partial charge < -0.3 is 15.8 Å². The maximum atomic E-state index is 11.7. The first-order valence-corrected chi connectivity index (χ1v) is 6.85. The second-order valence-electron chi connectivity index (χ2n) is 5.52. The quantitative estimate of drug-likeness (QED) is 0.762. The van der Waals surface area contributed by atoms with Gasteiger partial charge in [-0.1, -0.05) is 12.8 Å². The SMILES string of the molecule is NC1(CC(=O)NCCC2CCCO2)CCCC1. The summed E-state index contributed by atoms with van der Waals surface area (Å²) in [5, 5.41) is 2.96. The second-order valence-corrected chi connectivity index (χ2v) is 5.52. The molecule has 1 amide bonds. The first-order chi connectivity index (χ1) is 8.18. The molecule has 0 bridgehead atoms. The zero-order valence-corrected chi connectivity index (χ0v) is 10.5. The number of amides is 1. The highest BCUT2D eigenvalue weighted by Gasteiger charge is 2.31. The summed E-state index contributed by atoms with van der Waals surface area (Å²) in [5.41, 5.74) is 5.94. The minimum absolute atomic E-state index is 0.104. The minimum Gasteiger partial charge on any atom is -0.378 e. The van der Waals surface area contributed by atoms with Gasteiger partial charge in [0.1, 0.15) is 0 Å². The van der Waals surface area contributed by atoms with Gasteiger partial charge in [-0.3, -0.25) is 4.79 Å². The monoisotopic (exact) mass is 240 g/mol. The topological polar surface area (TPSA) is 64.4 Å². The average Bonchev–Trinajstić information content (AvgIpc) is 2.90. The molecule has 1 saturated carbocycles. The van der Waals surface area contributed by atoms with Crippen LogP contribution in [0.1, 0.15) is 51.4 Å². The van der Waals surface area contributed by atoms with Gasteiger partial charge in [0.2, 0.25) is 5.91 Å². The summed E-state index contributed by atoms with van der Waals surface area (Å²) in [6, 6.07) is 0. The van der Waals surface area contributed by atoms with Crippen molar-refractivity contribution in [2.75, 3.05) is 13.2 Å². The first kappa shape index (κ1) is 12.8. The molecule has 2 fully saturated rings. The lowest BCUT2D eigenvalue weighted by molar-refractivity contribution is -0.122. The van der Waals surface area contributed by atoms with Gasteiger partial charge in [0.25, 0.3) is 0 Å². The summed E-state index contributed by atoms with van der Waals surface area (Å²) in [7, 11) is 0. The lowest BCUT2D eigenvalue weighted by Gasteiger charge is -2.22. The summed E-state index contributed by atoms with van der Waals surface area (Å²) < 4.78 is 5.51. The molecule has 3 N–H and O–H groups in total. The van der Waals surface area contributed by atoms with Crippen molar-refractivity contribution < 1.29 is 9.53 Å². The Morgan fingerprint density at radius 2 is 2.12 bits per heavy atom. The molecule has 2 aliphatic rings. The molecule has 1 aliphatic carbocycles. The number of hydrogen-bond donors (Lipinski definition) is 2. The van der Waals surface area contributed by atoms with E-state index < -0.39 is 0 Å². The standard InChI is InChI=1S/C13H24N2O2/c14-13(6-1-2-7-13)10-12(16)15-8-5-11-4-3-9-17-11/h11H,1-10,14H2,(H,15,16). The Balaban J connectivity index is 1.60. The van der Waals surface area contributed by atoms with E-state index in [0.29, 0.717) is 12.5 Å². The normalized spacial score (nSPS) is 27.2. The van der Waals surface area contributed by atoms with Crippen LogP contribution in [0.4, 0.5) is 0 Å². The van der Waals surface area contributed by atoms with Crippen LogP contribution >= 0.6 is 0 Å². The fourth-order valence-electron chi connectivity index (χ4n) is 2.88. The van der Waals surface area contributed by atoms with Gasteiger partial charge in [0, 0.05) is 25.1 Å². The lowest BCUT2D eigenvalue weighted by atomic mass is 9.94. The fourth-order valence-corrected chi connectivity index (χ4v) is 2.88. The summed E-state index contributed by atoms with van der Waals surface area (Å²) in [4.78, 5) is 11.7. The van der Waals surface area contributed by atoms with Crippen LogP contribution in [0.25, 0.3) is 0 Å². The van der Waals surface area contributed by atoms with E-state index >= 15 is 0 Å². The van der Waals surface area contributed by atoms with Crippen molar-refractivity contribution in [3.05, 3.63) is 0 Å². The fraction of sp³-hybridized carbons (Fsp3) is 0.923. The number of carbonyl (C=O) groups excluding carboxylic acids is 1. The predicted octanol–water partition coefficient (Wildman–Crippen LogP) is 1.33. The molecule has 0 aromatic carbocycles. The Morgan fingerprint density at radius 1 is 1.35 bits per heavy atom. The molecule has 1 aliphatic heterocycles. The molecule has 1 saturated heterocycles. The molecule has 1 unspecified atom stereocenters. The lowest BCUT2D eigenvalue weighted by Crippen LogP contribution is -2.42. The Hall–Kier alpha value is -0.610. The third-order valence-electron chi connectivity index (χ3n) is 3.92. The molecule has 2 rings (SSSR count). The Morgan fingerprint density at radius 3 is 2.76 bits per heavy atom. The Kier molecular flexibility index (Phi) is 4.40. The van der Waals surface area contributed by atoms with E-state index in [9.17, 15) is 4.79 Å². The molecule has 98 valence electrons. The van der Waals surface area contributed by atoms with Crippen molar-refractivity contribution in [3.8, 4) is 0 Å². The zero-order chi connectivity index (χ0) is 12.1. The van der Waals surface area contributed by atoms with Gasteiger partial charge >= 0.3 is 0 Å². The molecular weight excluding hydrogens is 216 g/mol. The zero-order valence-electron chi connectivity index (χ0n) is 10.5. The highest BCUT2D eigenvalue weighted by atomic mass is 16.5. The van der Waals surface area contributed by atoms with Gasteiger partial charge in [0.05, 0.1) is 6.10 Å². The molecule has 4 nitrogen and oxygen atoms in total. The van der Waals surface area contributed by atoms with Crippen molar-refractivity contribution in [1.82, 2.24) is 5.32 Å². The van der Waals surface area contributed by atoms with Crippen LogP contribution in [0.3, 0.4) is 0 Å². The maximum absolute atomic E-state index is 11.7. The minimum atomic E-state index is -0.228. The third-order valence-corrected chi connectivity index (χ3v) is 3.92. The van der Waals surface area contributed by atoms with Crippen LogP contribution in [0.2, 0.25) is 0 Å². The van der Waals surface area contributed by atoms with Gasteiger partial charge in [-0.05, 0) is 32.1 Å². The van der Waals surface area contributed by atoms with E-state index in [1.165, 1.54) is 12.8 Å². The van der Waals surface area contributed by atoms with Crippen molar-refractivity contribution in [1.29, 1.82) is 0 Å². The summed E-state index contributed by atoms with van der Waals surface area (Å²) in [6.45, 7) is 1.60. The highest BCUT2D eigenvalue weighted by Crippen LogP contribution is 2.29. The summed E-state index contributed by atoms with van der Waals surface area (Å²) >= 11 is 0. The second kappa shape index (κ2) is 5.83. The number of nitrogens with two attached hydrogens (primary N) is 1. The number of carbonyl (C=O) groups is 1. The molecule has 17 heavy (non-hydrogen) atoms. The van der Waals surface area contributed by atoms with E-state index in [-0.39, 0.29) is 11.4 Å². The van der Waals surface area contributed by atoms with Crippen LogP contribution in [-0.2, 0) is 9.53 Å². The summed E-state index contributed by atoms with van der Waals surface area (Å²) in [5.74, 6) is 0.104. The van der Waals surface area contributed by atoms with Crippen molar-refractivity contribution in [2.24, 2.45) is 5.73 Å². The van der Waals surface area contributed by atoms with Gasteiger partial charge in [-0.15, -0.1) is 0 Å². The molecule has 0 radical (unpaired) electrons. The number of nitrogens with one attached hydrogen (secondary N) is 1. The van der Waals surface area contributed by atoms with E-state index in [4.69, 9.17) is 10.5 Å². The molecule has 1 heterocycles. The van der Waals surface area contributed by atoms with Crippen molar-refractivity contribution in [2.45, 2.75) is 63.0 Å². The van der Waals surface area contributed by atoms with Crippen molar-refractivity contribution in [3.63, 3.8) is 0 Å². The Bertz CT molecular complexity index is 256. The average molecular weight is 240 g/mol. The van der Waals surface area contributed by atoms with Crippen LogP contribution < -0.4 is 11.1 Å². The number of rotatable bonds is 5. The highest BCUT2D eigenvalue weighted by molar-refractivity contribution is 5.77.